The lowest BCUT2D eigenvalue weighted by atomic mass is 9.23. The van der Waals surface area contributed by atoms with Gasteiger partial charge in [0.25, 0.3) is 6.71 Å². The summed E-state index contributed by atoms with van der Waals surface area (Å²) in [5.41, 5.74) is 16.3. The molecule has 0 N–H and O–H groups in total. The number of para-hydroxylation sites is 1. The van der Waals surface area contributed by atoms with Gasteiger partial charge < -0.3 is 18.8 Å². The minimum absolute atomic E-state index is 0.199. The molecule has 4 aliphatic carbocycles. The van der Waals surface area contributed by atoms with Gasteiger partial charge in [-0.05, 0) is 120 Å². The third kappa shape index (κ3) is 5.49. The largest absolute Gasteiger partial charge is 0.499 e. The highest BCUT2D eigenvalue weighted by Gasteiger charge is 2.62. The molecule has 326 valence electrons. The third-order valence-corrected chi connectivity index (χ3v) is 19.4. The molecule has 7 heteroatoms. The summed E-state index contributed by atoms with van der Waals surface area (Å²) in [7, 11) is 0. The van der Waals surface area contributed by atoms with Crippen LogP contribution in [-0.2, 0) is 4.74 Å². The zero-order valence-electron chi connectivity index (χ0n) is 39.3. The highest BCUT2D eigenvalue weighted by atomic mass is 16.5. The topological polar surface area (TPSA) is 27.3 Å². The molecule has 0 radical (unpaired) electrons. The molecule has 11 unspecified atom stereocenters. The second-order valence-electron chi connectivity index (χ2n) is 23.4. The predicted molar refractivity (Wildman–Crippen MR) is 262 cm³/mol. The monoisotopic (exact) mass is 837 g/mol. The lowest BCUT2D eigenvalue weighted by Crippen LogP contribution is -2.65. The number of rotatable bonds is 3. The molecular weight excluding hydrogens is 766 g/mol. The van der Waals surface area contributed by atoms with Gasteiger partial charge in [0.05, 0.1) is 11.7 Å². The van der Waals surface area contributed by atoms with Crippen LogP contribution in [0, 0.1) is 50.9 Å². The Morgan fingerprint density at radius 3 is 2.00 bits per heavy atom. The molecule has 4 saturated carbocycles. The van der Waals surface area contributed by atoms with Crippen molar-refractivity contribution in [1.82, 2.24) is 13.7 Å². The average Bonchev–Trinajstić information content (AvgIpc) is 3.75. The molecule has 13 rings (SSSR count). The fourth-order valence-electron chi connectivity index (χ4n) is 17.0. The second kappa shape index (κ2) is 14.3. The van der Waals surface area contributed by atoms with Gasteiger partial charge in [0, 0.05) is 29.7 Å². The zero-order chi connectivity index (χ0) is 42.6. The van der Waals surface area contributed by atoms with Crippen LogP contribution in [0.4, 0.5) is 5.82 Å². The van der Waals surface area contributed by atoms with E-state index in [2.05, 4.69) is 140 Å². The van der Waals surface area contributed by atoms with E-state index in [-0.39, 0.29) is 18.2 Å². The van der Waals surface area contributed by atoms with Crippen LogP contribution in [0.3, 0.4) is 0 Å². The highest BCUT2D eigenvalue weighted by Crippen LogP contribution is 2.62. The van der Waals surface area contributed by atoms with Gasteiger partial charge in [0.15, 0.2) is 0 Å². The van der Waals surface area contributed by atoms with Gasteiger partial charge >= 0.3 is 0 Å². The summed E-state index contributed by atoms with van der Waals surface area (Å²) in [5.74, 6) is 8.07. The van der Waals surface area contributed by atoms with E-state index in [4.69, 9.17) is 4.74 Å². The fourth-order valence-corrected chi connectivity index (χ4v) is 17.0. The lowest BCUT2D eigenvalue weighted by Gasteiger charge is -2.55. The van der Waals surface area contributed by atoms with E-state index in [1.807, 2.05) is 0 Å². The smallest absolute Gasteiger partial charge is 0.265 e. The van der Waals surface area contributed by atoms with Crippen LogP contribution < -0.4 is 26.8 Å². The van der Waals surface area contributed by atoms with Crippen molar-refractivity contribution in [1.29, 1.82) is 0 Å². The van der Waals surface area contributed by atoms with E-state index in [9.17, 15) is 0 Å². The minimum atomic E-state index is 0.199. The highest BCUT2D eigenvalue weighted by molar-refractivity contribution is 6.90. The Morgan fingerprint density at radius 2 is 1.27 bits per heavy atom. The molecule has 5 aliphatic heterocycles. The van der Waals surface area contributed by atoms with Crippen molar-refractivity contribution in [3.63, 3.8) is 0 Å². The van der Waals surface area contributed by atoms with Gasteiger partial charge in [-0.25, -0.2) is 0 Å². The number of aryl methyl sites for hydroxylation is 4. The fraction of sp³-hybridized carbons (Fsp3) is 0.571. The molecular formula is C56H70B2N4O. The van der Waals surface area contributed by atoms with E-state index in [0.717, 1.165) is 18.3 Å². The molecule has 9 aliphatic rings. The van der Waals surface area contributed by atoms with Gasteiger partial charge in [-0.1, -0.05) is 153 Å². The molecule has 0 spiro atoms. The van der Waals surface area contributed by atoms with Gasteiger partial charge in [0.2, 0.25) is 6.71 Å². The van der Waals surface area contributed by atoms with Crippen molar-refractivity contribution in [2.24, 2.45) is 23.2 Å². The van der Waals surface area contributed by atoms with E-state index < -0.39 is 0 Å². The Hall–Kier alpha value is -3.99. The summed E-state index contributed by atoms with van der Waals surface area (Å²) in [6.45, 7) is 17.8. The number of benzene rings is 3. The van der Waals surface area contributed by atoms with Gasteiger partial charge in [-0.15, -0.1) is 0 Å². The maximum Gasteiger partial charge on any atom is 0.265 e. The second-order valence-corrected chi connectivity index (χ2v) is 23.4. The van der Waals surface area contributed by atoms with Gasteiger partial charge in [-0.2, -0.15) is 0 Å². The molecule has 11 atom stereocenters. The van der Waals surface area contributed by atoms with Crippen LogP contribution in [0.25, 0.3) is 17.3 Å². The molecule has 3 aromatic carbocycles. The Labute approximate surface area is 377 Å². The predicted octanol–water partition coefficient (Wildman–Crippen LogP) is 10.1. The number of fused-ring (bicyclic) bond motifs is 9. The lowest BCUT2D eigenvalue weighted by molar-refractivity contribution is 0.0484. The van der Waals surface area contributed by atoms with Crippen LogP contribution in [-0.4, -0.2) is 45.3 Å². The molecule has 5 nitrogen and oxygen atoms in total. The first kappa shape index (κ1) is 39.4. The summed E-state index contributed by atoms with van der Waals surface area (Å²) in [6.07, 6.45) is 17.2. The molecule has 1 aromatic heterocycles. The first-order chi connectivity index (χ1) is 30.6. The first-order valence-electron chi connectivity index (χ1n) is 25.8. The Bertz CT molecular complexity index is 2660. The van der Waals surface area contributed by atoms with Gasteiger partial charge in [-0.3, -0.25) is 4.57 Å². The molecule has 1 saturated heterocycles. The van der Waals surface area contributed by atoms with E-state index >= 15 is 0 Å². The van der Waals surface area contributed by atoms with Crippen molar-refractivity contribution in [2.75, 3.05) is 4.90 Å². The average molecular weight is 837 g/mol. The van der Waals surface area contributed by atoms with Crippen LogP contribution in [0.1, 0.15) is 150 Å². The van der Waals surface area contributed by atoms with E-state index in [1.165, 1.54) is 122 Å². The summed E-state index contributed by atoms with van der Waals surface area (Å²) >= 11 is 0. The number of hydrogen-bond acceptors (Lipinski definition) is 2. The van der Waals surface area contributed by atoms with Crippen LogP contribution in [0.15, 0.2) is 66.7 Å². The molecule has 0 amide bonds. The summed E-state index contributed by atoms with van der Waals surface area (Å²) in [6, 6.07) is 28.0. The summed E-state index contributed by atoms with van der Waals surface area (Å²) < 4.78 is 17.0. The standard InChI is InChI=1S/C56H70B2N4O/c1-33-18-15-19-34(2)48(33)57-32-47-59(38-22-9-8-10-23-38)54-51(41-26-17-25-40-39-24-11-12-27-44(39)60(54)50(40)41)61-45-28-13-14-29-46(45)63-53-55(61)62(47)52-42(57)30-37(56(5,6)7)31-43(52)58(53)49-35(3)20-16-21-36(49)4/h8-10,15-16,18-23,32,37,39-46,50,52H,11-14,17,24-31H2,1-7H3. The molecule has 0 bridgehead atoms. The first-order valence-corrected chi connectivity index (χ1v) is 25.8. The SMILES string of the molecule is Cc1cccc(C)c1B1C=c2n(-c3ccccc3)c3c(n4c5n2C2C1CC(C(C)(C)C)CC2B(c1c(C)cccc1C)C=5OC1CCCCC14)C1CCCC2C4CCCCC4N3C12. The van der Waals surface area contributed by atoms with Crippen LogP contribution in [0.5, 0.6) is 0 Å². The molecule has 5 fully saturated rings. The number of nitrogens with zero attached hydrogens (tertiary/aromatic N) is 4. The zero-order valence-corrected chi connectivity index (χ0v) is 39.3. The van der Waals surface area contributed by atoms with E-state index in [1.54, 1.807) is 22.4 Å². The summed E-state index contributed by atoms with van der Waals surface area (Å²) in [5, 5.41) is 0. The maximum atomic E-state index is 7.98. The van der Waals surface area contributed by atoms with Crippen molar-refractivity contribution in [3.05, 3.63) is 106 Å². The molecule has 6 heterocycles. The molecule has 63 heavy (non-hydrogen) atoms. The Balaban J connectivity index is 1.26. The van der Waals surface area contributed by atoms with Crippen molar-refractivity contribution in [2.45, 2.75) is 180 Å². The maximum absolute atomic E-state index is 7.98. The van der Waals surface area contributed by atoms with Crippen LogP contribution >= 0.6 is 0 Å². The number of hydrogen-bond donors (Lipinski definition) is 0. The minimum Gasteiger partial charge on any atom is -0.499 e. The summed E-state index contributed by atoms with van der Waals surface area (Å²) in [4.78, 5) is 3.16. The van der Waals surface area contributed by atoms with Crippen LogP contribution in [0.2, 0.25) is 11.6 Å². The van der Waals surface area contributed by atoms with Crippen molar-refractivity contribution < 1.29 is 4.74 Å². The molecule has 4 aromatic rings. The van der Waals surface area contributed by atoms with E-state index in [0.29, 0.717) is 54.4 Å². The number of ether oxygens (including phenoxy) is 1. The quantitative estimate of drug-likeness (QED) is 0.192. The Morgan fingerprint density at radius 1 is 0.619 bits per heavy atom. The number of anilines is 1. The van der Waals surface area contributed by atoms with Crippen molar-refractivity contribution >= 4 is 41.8 Å². The van der Waals surface area contributed by atoms with Gasteiger partial charge in [0.1, 0.15) is 28.5 Å². The third-order valence-electron chi connectivity index (χ3n) is 19.4. The van der Waals surface area contributed by atoms with Crippen molar-refractivity contribution in [3.8, 4) is 5.69 Å². The Kier molecular flexibility index (Phi) is 8.91. The normalized spacial score (nSPS) is 33.1. The number of aromatic nitrogens is 3.